The third-order valence-corrected chi connectivity index (χ3v) is 5.76. The third-order valence-electron chi connectivity index (χ3n) is 5.76. The van der Waals surface area contributed by atoms with Crippen molar-refractivity contribution in [1.82, 2.24) is 24.9 Å². The molecule has 33 heavy (non-hydrogen) atoms. The number of nitrogens with one attached hydrogen (secondary N) is 3. The van der Waals surface area contributed by atoms with Crippen molar-refractivity contribution in [2.24, 2.45) is 0 Å². The maximum absolute atomic E-state index is 12.8. The first-order chi connectivity index (χ1) is 16.1. The maximum atomic E-state index is 12.8. The Morgan fingerprint density at radius 2 is 2.00 bits per heavy atom. The second kappa shape index (κ2) is 8.70. The van der Waals surface area contributed by atoms with Crippen molar-refractivity contribution in [3.63, 3.8) is 0 Å². The van der Waals surface area contributed by atoms with Gasteiger partial charge in [-0.1, -0.05) is 12.1 Å². The van der Waals surface area contributed by atoms with Crippen LogP contribution in [0.25, 0.3) is 16.9 Å². The molecule has 1 aliphatic rings. The number of imidazole rings is 1. The highest BCUT2D eigenvalue weighted by molar-refractivity contribution is 5.94. The lowest BCUT2D eigenvalue weighted by atomic mass is 9.93. The Hall–Kier alpha value is -4.27. The number of hydrogen-bond acceptors (Lipinski definition) is 7. The number of carbonyl (C=O) groups is 2. The minimum Gasteiger partial charge on any atom is -0.385 e. The molecule has 0 atom stereocenters. The van der Waals surface area contributed by atoms with E-state index >= 15 is 0 Å². The number of fused-ring (bicyclic) bond motifs is 1. The summed E-state index contributed by atoms with van der Waals surface area (Å²) in [6.07, 6.45) is 7.03. The van der Waals surface area contributed by atoms with Crippen LogP contribution in [0.1, 0.15) is 40.1 Å². The van der Waals surface area contributed by atoms with Crippen LogP contribution in [0, 0.1) is 0 Å². The lowest BCUT2D eigenvalue weighted by Crippen LogP contribution is -2.40. The molecule has 0 unspecified atom stereocenters. The zero-order chi connectivity index (χ0) is 22.8. The molecule has 0 spiro atoms. The molecule has 1 fully saturated rings. The summed E-state index contributed by atoms with van der Waals surface area (Å²) in [5.74, 6) is 0.384. The van der Waals surface area contributed by atoms with Crippen molar-refractivity contribution in [2.45, 2.75) is 25.3 Å². The summed E-state index contributed by atoms with van der Waals surface area (Å²) in [5.41, 5.74) is 4.72. The van der Waals surface area contributed by atoms with Gasteiger partial charge < -0.3 is 16.0 Å². The lowest BCUT2D eigenvalue weighted by molar-refractivity contribution is 0.0909. The van der Waals surface area contributed by atoms with Crippen molar-refractivity contribution < 1.29 is 9.59 Å². The molecule has 9 heteroatoms. The highest BCUT2D eigenvalue weighted by Crippen LogP contribution is 2.26. The van der Waals surface area contributed by atoms with Gasteiger partial charge in [0.2, 0.25) is 0 Å². The highest BCUT2D eigenvalue weighted by Gasteiger charge is 2.23. The van der Waals surface area contributed by atoms with Gasteiger partial charge in [-0.15, -0.1) is 5.10 Å². The van der Waals surface area contributed by atoms with E-state index < -0.39 is 0 Å². The van der Waals surface area contributed by atoms with Crippen LogP contribution >= 0.6 is 0 Å². The van der Waals surface area contributed by atoms with Gasteiger partial charge in [0, 0.05) is 42.2 Å². The predicted molar refractivity (Wildman–Crippen MR) is 126 cm³/mol. The first-order valence-electron chi connectivity index (χ1n) is 10.8. The van der Waals surface area contributed by atoms with Gasteiger partial charge in [-0.3, -0.25) is 14.6 Å². The summed E-state index contributed by atoms with van der Waals surface area (Å²) < 4.78 is 1.56. The zero-order valence-corrected chi connectivity index (χ0v) is 18.1. The number of aromatic nitrogens is 4. The molecule has 4 aromatic rings. The molecule has 0 bridgehead atoms. The minimum absolute atomic E-state index is 0.175. The summed E-state index contributed by atoms with van der Waals surface area (Å²) in [5, 5.41) is 14.1. The van der Waals surface area contributed by atoms with Gasteiger partial charge in [0.1, 0.15) is 0 Å². The Morgan fingerprint density at radius 3 is 2.70 bits per heavy atom. The molecule has 5 rings (SSSR count). The Bertz CT molecular complexity index is 1330. The highest BCUT2D eigenvalue weighted by atomic mass is 16.2. The molecule has 166 valence electrons. The fraction of sp³-hybridized carbons (Fsp3) is 0.208. The SMILES string of the molecule is CNc1cc(Nc2cccc(-c3ccc(C=O)cn3)c2)nn2c(C(=O)NC3CCC3)cnc12. The molecule has 9 nitrogen and oxygen atoms in total. The number of carbonyl (C=O) groups excluding carboxylic acids is 2. The van der Waals surface area contributed by atoms with Gasteiger partial charge in [-0.05, 0) is 43.5 Å². The molecule has 3 aromatic heterocycles. The molecule has 3 heterocycles. The number of pyridine rings is 1. The molecule has 0 saturated heterocycles. The normalized spacial score (nSPS) is 13.4. The van der Waals surface area contributed by atoms with Crippen molar-refractivity contribution in [3.05, 3.63) is 66.1 Å². The lowest BCUT2D eigenvalue weighted by Gasteiger charge is -2.26. The number of aldehydes is 1. The van der Waals surface area contributed by atoms with Crippen molar-refractivity contribution in [3.8, 4) is 11.3 Å². The summed E-state index contributed by atoms with van der Waals surface area (Å²) in [6, 6.07) is 13.4. The fourth-order valence-corrected chi connectivity index (χ4v) is 3.73. The largest absolute Gasteiger partial charge is 0.385 e. The van der Waals surface area contributed by atoms with Gasteiger partial charge in [0.05, 0.1) is 17.6 Å². The van der Waals surface area contributed by atoms with E-state index in [4.69, 9.17) is 0 Å². The van der Waals surface area contributed by atoms with Crippen LogP contribution < -0.4 is 16.0 Å². The van der Waals surface area contributed by atoms with Gasteiger partial charge >= 0.3 is 0 Å². The number of hydrogen-bond donors (Lipinski definition) is 3. The molecule has 0 radical (unpaired) electrons. The average Bonchev–Trinajstić information content (AvgIpc) is 3.25. The van der Waals surface area contributed by atoms with E-state index in [0.717, 1.165) is 48.2 Å². The second-order valence-corrected chi connectivity index (χ2v) is 7.97. The van der Waals surface area contributed by atoms with E-state index in [0.29, 0.717) is 22.7 Å². The van der Waals surface area contributed by atoms with Crippen molar-refractivity contribution in [2.75, 3.05) is 17.7 Å². The molecule has 1 amide bonds. The number of rotatable bonds is 7. The van der Waals surface area contributed by atoms with Crippen LogP contribution in [0.3, 0.4) is 0 Å². The second-order valence-electron chi connectivity index (χ2n) is 7.97. The average molecular weight is 441 g/mol. The first kappa shape index (κ1) is 20.6. The van der Waals surface area contributed by atoms with Crippen LogP contribution in [-0.2, 0) is 0 Å². The van der Waals surface area contributed by atoms with E-state index in [1.165, 1.54) is 0 Å². The molecule has 1 aromatic carbocycles. The van der Waals surface area contributed by atoms with Gasteiger partial charge in [0.25, 0.3) is 5.91 Å². The summed E-state index contributed by atoms with van der Waals surface area (Å²) >= 11 is 0. The number of benzene rings is 1. The monoisotopic (exact) mass is 441 g/mol. The predicted octanol–water partition coefficient (Wildman–Crippen LogP) is 3.67. The summed E-state index contributed by atoms with van der Waals surface area (Å²) in [7, 11) is 1.80. The summed E-state index contributed by atoms with van der Waals surface area (Å²) in [6.45, 7) is 0. The van der Waals surface area contributed by atoms with Crippen molar-refractivity contribution in [1.29, 1.82) is 0 Å². The van der Waals surface area contributed by atoms with E-state index in [2.05, 4.69) is 31.0 Å². The molecule has 3 N–H and O–H groups in total. The molecular formula is C24H23N7O2. The Balaban J connectivity index is 1.45. The van der Waals surface area contributed by atoms with E-state index in [1.54, 1.807) is 30.0 Å². The molecular weight excluding hydrogens is 418 g/mol. The van der Waals surface area contributed by atoms with E-state index in [-0.39, 0.29) is 11.9 Å². The van der Waals surface area contributed by atoms with Gasteiger partial charge in [-0.2, -0.15) is 0 Å². The van der Waals surface area contributed by atoms with Crippen LogP contribution in [-0.4, -0.2) is 44.9 Å². The number of nitrogens with zero attached hydrogens (tertiary/aromatic N) is 4. The standard InChI is InChI=1S/C24H23N7O2/c1-25-20-11-22(30-31-21(13-27-23(20)31)24(33)29-17-5-3-6-17)28-18-7-2-4-16(10-18)19-9-8-15(14-32)12-26-19/h2,4,7-14,17,25H,3,5-6H2,1H3,(H,28,30)(H,29,33). The molecule has 1 saturated carbocycles. The van der Waals surface area contributed by atoms with Crippen LogP contribution in [0.15, 0.2) is 54.9 Å². The van der Waals surface area contributed by atoms with E-state index in [9.17, 15) is 9.59 Å². The van der Waals surface area contributed by atoms with Crippen LogP contribution in [0.4, 0.5) is 17.2 Å². The Morgan fingerprint density at radius 1 is 1.12 bits per heavy atom. The third kappa shape index (κ3) is 4.12. The smallest absolute Gasteiger partial charge is 0.271 e. The Labute approximate surface area is 190 Å². The minimum atomic E-state index is -0.175. The Kier molecular flexibility index (Phi) is 5.43. The van der Waals surface area contributed by atoms with Gasteiger partial charge in [-0.25, -0.2) is 9.50 Å². The maximum Gasteiger partial charge on any atom is 0.271 e. The number of anilines is 3. The first-order valence-corrected chi connectivity index (χ1v) is 10.8. The van der Waals surface area contributed by atoms with Crippen molar-refractivity contribution >= 4 is 35.0 Å². The quantitative estimate of drug-likeness (QED) is 0.375. The van der Waals surface area contributed by atoms with Gasteiger partial charge in [0.15, 0.2) is 23.4 Å². The van der Waals surface area contributed by atoms with E-state index in [1.807, 2.05) is 36.4 Å². The molecule has 1 aliphatic carbocycles. The topological polar surface area (TPSA) is 113 Å². The van der Waals surface area contributed by atoms with Crippen LogP contribution in [0.2, 0.25) is 0 Å². The van der Waals surface area contributed by atoms with Crippen LogP contribution in [0.5, 0.6) is 0 Å². The molecule has 0 aliphatic heterocycles. The fourth-order valence-electron chi connectivity index (χ4n) is 3.73. The number of amides is 1. The summed E-state index contributed by atoms with van der Waals surface area (Å²) in [4.78, 5) is 32.4. The zero-order valence-electron chi connectivity index (χ0n) is 18.1.